The number of carbonyl (C=O) groups excluding carboxylic acids is 1. The lowest BCUT2D eigenvalue weighted by Gasteiger charge is -2.17. The first-order chi connectivity index (χ1) is 12.0. The van der Waals surface area contributed by atoms with Gasteiger partial charge in [-0.25, -0.2) is 9.78 Å². The zero-order valence-electron chi connectivity index (χ0n) is 14.0. The molecule has 0 saturated heterocycles. The molecule has 3 rings (SSSR count). The van der Waals surface area contributed by atoms with E-state index in [-0.39, 0.29) is 11.7 Å². The third kappa shape index (κ3) is 2.93. The topological polar surface area (TPSA) is 93.8 Å². The van der Waals surface area contributed by atoms with Gasteiger partial charge in [0.05, 0.1) is 10.5 Å². The number of nitrogens with two attached hydrogens (primary N) is 1. The predicted octanol–water partition coefficient (Wildman–Crippen LogP) is 3.51. The Morgan fingerprint density at radius 3 is 2.48 bits per heavy atom. The molecule has 0 saturated carbocycles. The van der Waals surface area contributed by atoms with E-state index in [9.17, 15) is 9.59 Å². The maximum atomic E-state index is 12.5. The summed E-state index contributed by atoms with van der Waals surface area (Å²) in [5, 5.41) is 0.443. The average molecular weight is 359 g/mol. The number of hydrogen-bond donors (Lipinski definition) is 2. The van der Waals surface area contributed by atoms with Crippen molar-refractivity contribution in [1.29, 1.82) is 0 Å². The van der Waals surface area contributed by atoms with Crippen molar-refractivity contribution in [3.8, 4) is 11.1 Å². The molecule has 3 N–H and O–H groups in total. The summed E-state index contributed by atoms with van der Waals surface area (Å²) in [7, 11) is 0. The summed E-state index contributed by atoms with van der Waals surface area (Å²) in [6.45, 7) is 4.08. The Labute approximate surface area is 149 Å². The standard InChI is InChI=1S/C18H19ClN4O2/c1-3-12(4-2)23-15-14(10-5-7-11(8-6-10)16(20)24)13(19)9-21-17(15)22-18(23)25/h5-9,12H,3-4H2,1-2H3,(H2,20,24)(H,21,22,25). The monoisotopic (exact) mass is 358 g/mol. The molecule has 1 amide bonds. The lowest BCUT2D eigenvalue weighted by Crippen LogP contribution is -2.21. The molecule has 7 heteroatoms. The Balaban J connectivity index is 2.32. The fourth-order valence-corrected chi connectivity index (χ4v) is 3.39. The van der Waals surface area contributed by atoms with Crippen LogP contribution in [0.4, 0.5) is 0 Å². The normalized spacial score (nSPS) is 11.4. The van der Waals surface area contributed by atoms with Crippen molar-refractivity contribution in [3.05, 3.63) is 51.5 Å². The van der Waals surface area contributed by atoms with Crippen LogP contribution in [0.3, 0.4) is 0 Å². The van der Waals surface area contributed by atoms with E-state index in [2.05, 4.69) is 9.97 Å². The van der Waals surface area contributed by atoms with Crippen molar-refractivity contribution in [2.45, 2.75) is 32.7 Å². The molecule has 2 aromatic heterocycles. The molecular weight excluding hydrogens is 340 g/mol. The van der Waals surface area contributed by atoms with Crippen LogP contribution in [0.25, 0.3) is 22.3 Å². The molecular formula is C18H19ClN4O2. The smallest absolute Gasteiger partial charge is 0.327 e. The number of H-pyrrole nitrogens is 1. The summed E-state index contributed by atoms with van der Waals surface area (Å²) in [6.07, 6.45) is 3.15. The van der Waals surface area contributed by atoms with Crippen molar-refractivity contribution in [2.24, 2.45) is 5.73 Å². The number of halogens is 1. The third-order valence-electron chi connectivity index (χ3n) is 4.46. The summed E-state index contributed by atoms with van der Waals surface area (Å²) in [4.78, 5) is 30.9. The van der Waals surface area contributed by atoms with Crippen LogP contribution >= 0.6 is 11.6 Å². The molecule has 0 unspecified atom stereocenters. The molecule has 0 aliphatic heterocycles. The first kappa shape index (κ1) is 17.2. The minimum atomic E-state index is -0.492. The number of nitrogens with zero attached hydrogens (tertiary/aromatic N) is 2. The van der Waals surface area contributed by atoms with Crippen molar-refractivity contribution >= 4 is 28.7 Å². The zero-order chi connectivity index (χ0) is 18.1. The van der Waals surface area contributed by atoms with Crippen LogP contribution in [0.5, 0.6) is 0 Å². The van der Waals surface area contributed by atoms with Gasteiger partial charge in [-0.2, -0.15) is 0 Å². The summed E-state index contributed by atoms with van der Waals surface area (Å²) in [6, 6.07) is 6.88. The SMILES string of the molecule is CCC(CC)n1c(=O)[nH]c2ncc(Cl)c(-c3ccc(C(N)=O)cc3)c21. The van der Waals surface area contributed by atoms with E-state index in [1.807, 2.05) is 13.8 Å². The Morgan fingerprint density at radius 1 is 1.28 bits per heavy atom. The van der Waals surface area contributed by atoms with Gasteiger partial charge < -0.3 is 5.73 Å². The van der Waals surface area contributed by atoms with Crippen molar-refractivity contribution in [3.63, 3.8) is 0 Å². The maximum Gasteiger partial charge on any atom is 0.327 e. The number of rotatable bonds is 5. The number of amides is 1. The molecule has 1 aromatic carbocycles. The van der Waals surface area contributed by atoms with E-state index in [0.29, 0.717) is 27.3 Å². The first-order valence-electron chi connectivity index (χ1n) is 8.16. The van der Waals surface area contributed by atoms with Gasteiger partial charge in [0.15, 0.2) is 5.65 Å². The second kappa shape index (κ2) is 6.72. The number of fused-ring (bicyclic) bond motifs is 1. The van der Waals surface area contributed by atoms with Gasteiger partial charge in [0.1, 0.15) is 0 Å². The molecule has 0 bridgehead atoms. The number of primary amides is 1. The zero-order valence-corrected chi connectivity index (χ0v) is 14.8. The summed E-state index contributed by atoms with van der Waals surface area (Å²) >= 11 is 6.43. The molecule has 3 aromatic rings. The number of aromatic nitrogens is 3. The summed E-state index contributed by atoms with van der Waals surface area (Å²) < 4.78 is 1.73. The fraction of sp³-hybridized carbons (Fsp3) is 0.278. The Morgan fingerprint density at radius 2 is 1.92 bits per heavy atom. The second-order valence-corrected chi connectivity index (χ2v) is 6.30. The number of benzene rings is 1. The van der Waals surface area contributed by atoms with Crippen LogP contribution in [-0.4, -0.2) is 20.4 Å². The van der Waals surface area contributed by atoms with Gasteiger partial charge >= 0.3 is 5.69 Å². The molecule has 0 aliphatic carbocycles. The van der Waals surface area contributed by atoms with E-state index in [1.54, 1.807) is 28.8 Å². The van der Waals surface area contributed by atoms with E-state index in [1.165, 1.54) is 6.20 Å². The quantitative estimate of drug-likeness (QED) is 0.730. The Hall–Kier alpha value is -2.60. The van der Waals surface area contributed by atoms with Crippen LogP contribution in [0, 0.1) is 0 Å². The van der Waals surface area contributed by atoms with Gasteiger partial charge in [-0.15, -0.1) is 0 Å². The van der Waals surface area contributed by atoms with Crippen LogP contribution in [-0.2, 0) is 0 Å². The highest BCUT2D eigenvalue weighted by Crippen LogP contribution is 2.35. The van der Waals surface area contributed by atoms with Gasteiger partial charge in [0.25, 0.3) is 0 Å². The van der Waals surface area contributed by atoms with E-state index in [0.717, 1.165) is 18.4 Å². The maximum absolute atomic E-state index is 12.5. The minimum Gasteiger partial charge on any atom is -0.366 e. The van der Waals surface area contributed by atoms with Gasteiger partial charge in [-0.1, -0.05) is 37.6 Å². The highest BCUT2D eigenvalue weighted by Gasteiger charge is 2.20. The van der Waals surface area contributed by atoms with Crippen molar-refractivity contribution in [1.82, 2.24) is 14.5 Å². The molecule has 0 atom stereocenters. The van der Waals surface area contributed by atoms with Gasteiger partial charge in [0, 0.05) is 23.4 Å². The largest absolute Gasteiger partial charge is 0.366 e. The van der Waals surface area contributed by atoms with Crippen LogP contribution in [0.15, 0.2) is 35.3 Å². The van der Waals surface area contributed by atoms with Gasteiger partial charge in [-0.05, 0) is 30.5 Å². The number of hydrogen-bond acceptors (Lipinski definition) is 3. The number of carbonyl (C=O) groups is 1. The number of imidazole rings is 1. The predicted molar refractivity (Wildman–Crippen MR) is 98.9 cm³/mol. The molecule has 0 radical (unpaired) electrons. The lowest BCUT2D eigenvalue weighted by molar-refractivity contribution is 0.100. The molecule has 2 heterocycles. The molecule has 0 fully saturated rings. The number of nitrogens with one attached hydrogen (secondary N) is 1. The molecule has 130 valence electrons. The Bertz CT molecular complexity index is 985. The van der Waals surface area contributed by atoms with E-state index < -0.39 is 5.91 Å². The molecule has 0 aliphatic rings. The van der Waals surface area contributed by atoms with Crippen molar-refractivity contribution in [2.75, 3.05) is 0 Å². The summed E-state index contributed by atoms with van der Waals surface area (Å²) in [5.74, 6) is -0.492. The minimum absolute atomic E-state index is 0.0464. The second-order valence-electron chi connectivity index (χ2n) is 5.89. The summed E-state index contributed by atoms with van der Waals surface area (Å²) in [5.41, 5.74) is 8.20. The molecule has 6 nitrogen and oxygen atoms in total. The first-order valence-corrected chi connectivity index (χ1v) is 8.54. The highest BCUT2D eigenvalue weighted by atomic mass is 35.5. The van der Waals surface area contributed by atoms with E-state index in [4.69, 9.17) is 17.3 Å². The average Bonchev–Trinajstić information content (AvgIpc) is 2.93. The lowest BCUT2D eigenvalue weighted by atomic mass is 10.0. The molecule has 25 heavy (non-hydrogen) atoms. The van der Waals surface area contributed by atoms with Crippen LogP contribution in [0.2, 0.25) is 5.02 Å². The van der Waals surface area contributed by atoms with Gasteiger partial charge in [0.2, 0.25) is 5.91 Å². The Kier molecular flexibility index (Phi) is 4.63. The number of aromatic amines is 1. The van der Waals surface area contributed by atoms with Gasteiger partial charge in [-0.3, -0.25) is 14.3 Å². The van der Waals surface area contributed by atoms with Crippen LogP contribution < -0.4 is 11.4 Å². The van der Waals surface area contributed by atoms with Crippen molar-refractivity contribution < 1.29 is 4.79 Å². The molecule has 0 spiro atoms. The number of pyridine rings is 1. The third-order valence-corrected chi connectivity index (χ3v) is 4.74. The van der Waals surface area contributed by atoms with Crippen LogP contribution in [0.1, 0.15) is 43.1 Å². The highest BCUT2D eigenvalue weighted by molar-refractivity contribution is 6.34. The van der Waals surface area contributed by atoms with E-state index >= 15 is 0 Å². The fourth-order valence-electron chi connectivity index (χ4n) is 3.15.